The van der Waals surface area contributed by atoms with Crippen LogP contribution in [-0.2, 0) is 0 Å². The molecule has 0 fully saturated rings. The van der Waals surface area contributed by atoms with Gasteiger partial charge in [-0.3, -0.25) is 0 Å². The number of benzene rings is 3. The third kappa shape index (κ3) is 4.25. The summed E-state index contributed by atoms with van der Waals surface area (Å²) in [6.45, 7) is 0. The topological polar surface area (TPSA) is 75.0 Å². The van der Waals surface area contributed by atoms with Crippen LogP contribution in [-0.4, -0.2) is 20.2 Å². The number of fused-ring (bicyclic) bond motifs is 1. The molecule has 0 aliphatic carbocycles. The van der Waals surface area contributed by atoms with Gasteiger partial charge >= 0.3 is 11.6 Å². The van der Waals surface area contributed by atoms with E-state index < -0.39 is 11.6 Å². The second-order valence-electron chi connectivity index (χ2n) is 6.61. The minimum atomic E-state index is -0.544. The molecule has 0 bridgehead atoms. The van der Waals surface area contributed by atoms with Gasteiger partial charge in [0.1, 0.15) is 22.8 Å². The zero-order chi connectivity index (χ0) is 22.0. The van der Waals surface area contributed by atoms with Crippen molar-refractivity contribution < 1.29 is 23.4 Å². The summed E-state index contributed by atoms with van der Waals surface area (Å²) < 4.78 is 21.5. The molecule has 0 N–H and O–H groups in total. The van der Waals surface area contributed by atoms with Crippen molar-refractivity contribution in [1.29, 1.82) is 0 Å². The van der Waals surface area contributed by atoms with Crippen LogP contribution >= 0.6 is 11.6 Å². The lowest BCUT2D eigenvalue weighted by molar-refractivity contribution is 0.0735. The molecule has 0 radical (unpaired) electrons. The first kappa shape index (κ1) is 20.5. The van der Waals surface area contributed by atoms with Gasteiger partial charge in [0.25, 0.3) is 0 Å². The Hall–Kier alpha value is -3.77. The SMILES string of the molecule is COc1ccc(-c2cc3ccc(OC(=O)c4ccc(Cl)cc4)cc3oc2=O)c(OC)c1. The van der Waals surface area contributed by atoms with Gasteiger partial charge in [0.15, 0.2) is 0 Å². The number of halogens is 1. The number of methoxy groups -OCH3 is 2. The van der Waals surface area contributed by atoms with Crippen molar-refractivity contribution in [3.8, 4) is 28.4 Å². The van der Waals surface area contributed by atoms with Crippen LogP contribution in [0.1, 0.15) is 10.4 Å². The molecular weight excluding hydrogens is 420 g/mol. The van der Waals surface area contributed by atoms with E-state index in [1.165, 1.54) is 13.2 Å². The molecular formula is C24H17ClO6. The molecule has 6 nitrogen and oxygen atoms in total. The third-order valence-electron chi connectivity index (χ3n) is 4.70. The number of hydrogen-bond donors (Lipinski definition) is 0. The predicted octanol–water partition coefficient (Wildman–Crippen LogP) is 5.35. The molecule has 156 valence electrons. The number of rotatable bonds is 5. The highest BCUT2D eigenvalue weighted by Gasteiger charge is 2.15. The maximum Gasteiger partial charge on any atom is 0.344 e. The van der Waals surface area contributed by atoms with E-state index in [4.69, 9.17) is 30.2 Å². The van der Waals surface area contributed by atoms with E-state index >= 15 is 0 Å². The van der Waals surface area contributed by atoms with Crippen LogP contribution in [0.4, 0.5) is 0 Å². The highest BCUT2D eigenvalue weighted by molar-refractivity contribution is 6.30. The first-order chi connectivity index (χ1) is 15.0. The summed E-state index contributed by atoms with van der Waals surface area (Å²) in [4.78, 5) is 25.0. The van der Waals surface area contributed by atoms with Crippen LogP contribution in [0.2, 0.25) is 5.02 Å². The number of ether oxygens (including phenoxy) is 3. The van der Waals surface area contributed by atoms with Crippen molar-refractivity contribution in [1.82, 2.24) is 0 Å². The van der Waals surface area contributed by atoms with E-state index in [9.17, 15) is 9.59 Å². The second-order valence-corrected chi connectivity index (χ2v) is 7.05. The Morgan fingerprint density at radius 2 is 1.58 bits per heavy atom. The molecule has 7 heteroatoms. The van der Waals surface area contributed by atoms with E-state index in [1.54, 1.807) is 67.8 Å². The zero-order valence-electron chi connectivity index (χ0n) is 16.7. The number of carbonyl (C=O) groups is 1. The molecule has 0 unspecified atom stereocenters. The zero-order valence-corrected chi connectivity index (χ0v) is 17.4. The van der Waals surface area contributed by atoms with Gasteiger partial charge in [-0.2, -0.15) is 0 Å². The van der Waals surface area contributed by atoms with Gasteiger partial charge in [-0.05, 0) is 54.6 Å². The maximum atomic E-state index is 12.7. The third-order valence-corrected chi connectivity index (χ3v) is 4.95. The Labute approximate surface area is 182 Å². The fourth-order valence-electron chi connectivity index (χ4n) is 3.12. The molecule has 0 aliphatic rings. The predicted molar refractivity (Wildman–Crippen MR) is 117 cm³/mol. The number of esters is 1. The Balaban J connectivity index is 1.68. The molecule has 0 saturated carbocycles. The van der Waals surface area contributed by atoms with E-state index in [1.807, 2.05) is 0 Å². The molecule has 31 heavy (non-hydrogen) atoms. The molecule has 0 amide bonds. The molecule has 3 aromatic carbocycles. The summed E-state index contributed by atoms with van der Waals surface area (Å²) in [6, 6.07) is 18.1. The Kier molecular flexibility index (Phi) is 5.64. The van der Waals surface area contributed by atoms with E-state index in [0.717, 1.165) is 0 Å². The van der Waals surface area contributed by atoms with E-state index in [2.05, 4.69) is 0 Å². The second kappa shape index (κ2) is 8.53. The molecule has 1 heterocycles. The molecule has 0 saturated heterocycles. The van der Waals surface area contributed by atoms with Crippen LogP contribution in [0.5, 0.6) is 17.2 Å². The molecule has 4 rings (SSSR count). The smallest absolute Gasteiger partial charge is 0.344 e. The molecule has 4 aromatic rings. The van der Waals surface area contributed by atoms with Crippen LogP contribution in [0.15, 0.2) is 75.9 Å². The molecule has 0 atom stereocenters. The van der Waals surface area contributed by atoms with Crippen molar-refractivity contribution >= 4 is 28.5 Å². The van der Waals surface area contributed by atoms with E-state index in [-0.39, 0.29) is 5.75 Å². The highest BCUT2D eigenvalue weighted by atomic mass is 35.5. The van der Waals surface area contributed by atoms with Crippen molar-refractivity contribution in [3.63, 3.8) is 0 Å². The van der Waals surface area contributed by atoms with Gasteiger partial charge in [0, 0.05) is 28.1 Å². The van der Waals surface area contributed by atoms with Crippen LogP contribution in [0.3, 0.4) is 0 Å². The van der Waals surface area contributed by atoms with Crippen LogP contribution < -0.4 is 19.8 Å². The van der Waals surface area contributed by atoms with Gasteiger partial charge in [0.05, 0.1) is 25.3 Å². The largest absolute Gasteiger partial charge is 0.497 e. The first-order valence-electron chi connectivity index (χ1n) is 9.26. The van der Waals surface area contributed by atoms with Gasteiger partial charge in [-0.15, -0.1) is 0 Å². The van der Waals surface area contributed by atoms with Gasteiger partial charge in [-0.25, -0.2) is 9.59 Å². The lowest BCUT2D eigenvalue weighted by Gasteiger charge is -2.10. The van der Waals surface area contributed by atoms with Gasteiger partial charge < -0.3 is 18.6 Å². The number of carbonyl (C=O) groups excluding carboxylic acids is 1. The fourth-order valence-corrected chi connectivity index (χ4v) is 3.24. The lowest BCUT2D eigenvalue weighted by atomic mass is 10.0. The summed E-state index contributed by atoms with van der Waals surface area (Å²) in [7, 11) is 3.07. The van der Waals surface area contributed by atoms with Crippen molar-refractivity contribution in [2.24, 2.45) is 0 Å². The normalized spacial score (nSPS) is 10.7. The molecule has 1 aromatic heterocycles. The van der Waals surface area contributed by atoms with Crippen molar-refractivity contribution in [2.75, 3.05) is 14.2 Å². The Morgan fingerprint density at radius 3 is 2.29 bits per heavy atom. The fraction of sp³-hybridized carbons (Fsp3) is 0.0833. The quantitative estimate of drug-likeness (QED) is 0.238. The van der Waals surface area contributed by atoms with Crippen LogP contribution in [0, 0.1) is 0 Å². The minimum absolute atomic E-state index is 0.255. The monoisotopic (exact) mass is 436 g/mol. The van der Waals surface area contributed by atoms with Crippen molar-refractivity contribution in [2.45, 2.75) is 0 Å². The Bertz CT molecular complexity index is 1320. The standard InChI is InChI=1S/C24H17ClO6/c1-28-17-9-10-19(22(12-17)29-2)20-11-15-5-8-18(13-21(15)31-24(20)27)30-23(26)14-3-6-16(25)7-4-14/h3-13H,1-2H3. The van der Waals surface area contributed by atoms with Gasteiger partial charge in [-0.1, -0.05) is 11.6 Å². The number of hydrogen-bond acceptors (Lipinski definition) is 6. The lowest BCUT2D eigenvalue weighted by Crippen LogP contribution is -2.08. The average Bonchev–Trinajstić information content (AvgIpc) is 2.78. The summed E-state index contributed by atoms with van der Waals surface area (Å²) >= 11 is 5.84. The highest BCUT2D eigenvalue weighted by Crippen LogP contribution is 2.33. The Morgan fingerprint density at radius 1 is 0.839 bits per heavy atom. The van der Waals surface area contributed by atoms with Gasteiger partial charge in [0.2, 0.25) is 0 Å². The maximum absolute atomic E-state index is 12.7. The molecule has 0 aliphatic heterocycles. The minimum Gasteiger partial charge on any atom is -0.497 e. The van der Waals surface area contributed by atoms with Crippen molar-refractivity contribution in [3.05, 3.63) is 87.7 Å². The van der Waals surface area contributed by atoms with Crippen LogP contribution in [0.25, 0.3) is 22.1 Å². The first-order valence-corrected chi connectivity index (χ1v) is 9.64. The summed E-state index contributed by atoms with van der Waals surface area (Å²) in [6.07, 6.45) is 0. The summed E-state index contributed by atoms with van der Waals surface area (Å²) in [5, 5.41) is 1.19. The van der Waals surface area contributed by atoms with E-state index in [0.29, 0.717) is 44.2 Å². The average molecular weight is 437 g/mol. The summed E-state index contributed by atoms with van der Waals surface area (Å²) in [5.74, 6) is 0.806. The molecule has 0 spiro atoms. The summed E-state index contributed by atoms with van der Waals surface area (Å²) in [5.41, 5.74) is 1.03.